The van der Waals surface area contributed by atoms with Gasteiger partial charge in [0.25, 0.3) is 0 Å². The van der Waals surface area contributed by atoms with Gasteiger partial charge < -0.3 is 47.9 Å². The smallest absolute Gasteiger partial charge is 0.243 e. The van der Waals surface area contributed by atoms with Crippen LogP contribution in [0.1, 0.15) is 91.7 Å². The number of primary amides is 1. The third-order valence-electron chi connectivity index (χ3n) is 8.14. The molecule has 0 aliphatic heterocycles. The molecule has 5 atom stereocenters. The van der Waals surface area contributed by atoms with E-state index in [0.717, 1.165) is 0 Å². The minimum absolute atomic E-state index is 0.0216. The molecule has 0 aliphatic carbocycles. The van der Waals surface area contributed by atoms with Gasteiger partial charge in [-0.2, -0.15) is 11.8 Å². The van der Waals surface area contributed by atoms with E-state index >= 15 is 0 Å². The fourth-order valence-electron chi connectivity index (χ4n) is 5.40. The number of hydrogen-bond donors (Lipinski definition) is 9. The third-order valence-corrected chi connectivity index (χ3v) is 8.92. The quantitative estimate of drug-likeness (QED) is 0.0426. The van der Waals surface area contributed by atoms with Crippen molar-refractivity contribution in [3.63, 3.8) is 0 Å². The molecule has 0 saturated carbocycles. The number of carbonyl (C=O) groups excluding carboxylic acids is 7. The van der Waals surface area contributed by atoms with Crippen molar-refractivity contribution in [2.75, 3.05) is 25.1 Å². The summed E-state index contributed by atoms with van der Waals surface area (Å²) in [6.07, 6.45) is 7.88. The van der Waals surface area contributed by atoms with E-state index < -0.39 is 65.7 Å². The topological polar surface area (TPSA) is 258 Å². The number of aromatic amines is 1. The first-order valence-corrected chi connectivity index (χ1v) is 20.1. The Labute approximate surface area is 327 Å². The van der Waals surface area contributed by atoms with E-state index in [-0.39, 0.29) is 37.5 Å². The Bertz CT molecular complexity index is 1380. The van der Waals surface area contributed by atoms with Gasteiger partial charge in [-0.15, -0.1) is 0 Å². The molecule has 7 amide bonds. The van der Waals surface area contributed by atoms with Crippen molar-refractivity contribution in [1.29, 1.82) is 0 Å². The number of nitrogens with two attached hydrogens (primary N) is 1. The Balaban J connectivity index is 3.33. The lowest BCUT2D eigenvalue weighted by Crippen LogP contribution is -2.59. The van der Waals surface area contributed by atoms with E-state index in [0.29, 0.717) is 61.6 Å². The second-order valence-corrected chi connectivity index (χ2v) is 15.1. The molecule has 1 aromatic heterocycles. The SMILES string of the molecule is CSCC[C@H](NC(=O)[C@H](CC(C)C)NC(=O)[C@H](CCCCNC(C)=S)NC(=O)[C@H](CCCCNC(C)=O)NC(=O)[C@H](Cc1cnc[nH]1)NC(C)=O)C(N)=O. The Hall–Kier alpha value is -4.26. The lowest BCUT2D eigenvalue weighted by atomic mass is 10.0. The predicted octanol–water partition coefficient (Wildman–Crippen LogP) is 0.0942. The summed E-state index contributed by atoms with van der Waals surface area (Å²) in [7, 11) is 0. The Morgan fingerprint density at radius 2 is 1.24 bits per heavy atom. The molecule has 54 heavy (non-hydrogen) atoms. The van der Waals surface area contributed by atoms with Crippen LogP contribution >= 0.6 is 24.0 Å². The van der Waals surface area contributed by atoms with Gasteiger partial charge in [0, 0.05) is 45.2 Å². The van der Waals surface area contributed by atoms with Crippen LogP contribution in [0.4, 0.5) is 0 Å². The average molecular weight is 797 g/mol. The fourth-order valence-corrected chi connectivity index (χ4v) is 5.97. The molecule has 0 aromatic carbocycles. The normalized spacial score (nSPS) is 13.7. The number of aromatic nitrogens is 2. The first-order valence-electron chi connectivity index (χ1n) is 18.3. The summed E-state index contributed by atoms with van der Waals surface area (Å²) < 4.78 is 0. The minimum atomic E-state index is -1.12. The molecule has 0 bridgehead atoms. The molecule has 0 fully saturated rings. The van der Waals surface area contributed by atoms with Crippen LogP contribution in [0.2, 0.25) is 0 Å². The Kier molecular flexibility index (Phi) is 23.4. The van der Waals surface area contributed by atoms with E-state index in [1.165, 1.54) is 38.1 Å². The van der Waals surface area contributed by atoms with Crippen LogP contribution in [0.15, 0.2) is 12.5 Å². The van der Waals surface area contributed by atoms with Crippen molar-refractivity contribution in [3.8, 4) is 0 Å². The van der Waals surface area contributed by atoms with Crippen molar-refractivity contribution in [2.45, 2.75) is 123 Å². The zero-order valence-corrected chi connectivity index (χ0v) is 33.9. The summed E-state index contributed by atoms with van der Waals surface area (Å²) >= 11 is 6.59. The second kappa shape index (κ2) is 26.5. The number of thioether (sulfide) groups is 1. The molecule has 1 rings (SSSR count). The highest BCUT2D eigenvalue weighted by Gasteiger charge is 2.32. The minimum Gasteiger partial charge on any atom is -0.380 e. The highest BCUT2D eigenvalue weighted by atomic mass is 32.2. The van der Waals surface area contributed by atoms with E-state index in [1.54, 1.807) is 6.92 Å². The number of unbranched alkanes of at least 4 members (excludes halogenated alkanes) is 2. The van der Waals surface area contributed by atoms with E-state index in [4.69, 9.17) is 18.0 Å². The van der Waals surface area contributed by atoms with Gasteiger partial charge in [0.1, 0.15) is 30.2 Å². The number of nitrogens with one attached hydrogen (secondary N) is 8. The van der Waals surface area contributed by atoms with Crippen LogP contribution in [0.5, 0.6) is 0 Å². The van der Waals surface area contributed by atoms with Crippen molar-refractivity contribution in [1.82, 2.24) is 47.2 Å². The molecule has 17 nitrogen and oxygen atoms in total. The molecule has 1 aromatic rings. The number of imidazole rings is 1. The standard InChI is InChI=1S/C35H60N10O7S2/c1-21(2)17-29(34(51)42-26(31(36)48)13-16-54-6)45-33(50)28(12-8-10-15-39-24(5)53)43-32(49)27(11-7-9-14-38-22(3)46)44-35(52)30(41-23(4)47)18-25-19-37-20-40-25/h19-21,26-30H,7-18H2,1-6H3,(H2,36,48)(H,37,40)(H,38,46)(H,39,53)(H,41,47)(H,42,51)(H,43,49)(H,44,52)(H,45,50)/t26-,27-,28-,29-,30-/m0/s1. The molecule has 10 N–H and O–H groups in total. The van der Waals surface area contributed by atoms with Crippen LogP contribution in [0.25, 0.3) is 0 Å². The highest BCUT2D eigenvalue weighted by Crippen LogP contribution is 2.11. The van der Waals surface area contributed by atoms with Gasteiger partial charge in [0.2, 0.25) is 41.4 Å². The van der Waals surface area contributed by atoms with E-state index in [9.17, 15) is 33.6 Å². The van der Waals surface area contributed by atoms with Crippen LogP contribution in [-0.2, 0) is 40.0 Å². The van der Waals surface area contributed by atoms with Crippen LogP contribution in [-0.4, -0.2) is 112 Å². The predicted molar refractivity (Wildman–Crippen MR) is 212 cm³/mol. The monoisotopic (exact) mass is 796 g/mol. The van der Waals surface area contributed by atoms with Gasteiger partial charge in [-0.1, -0.05) is 26.1 Å². The number of carbonyl (C=O) groups is 7. The lowest BCUT2D eigenvalue weighted by Gasteiger charge is -2.27. The number of thiocarbonyl (C=S) groups is 1. The average Bonchev–Trinajstić information content (AvgIpc) is 3.60. The summed E-state index contributed by atoms with van der Waals surface area (Å²) in [5.41, 5.74) is 6.13. The molecule has 0 radical (unpaired) electrons. The number of hydrogen-bond acceptors (Lipinski definition) is 10. The summed E-state index contributed by atoms with van der Waals surface area (Å²) in [5.74, 6) is -3.23. The molecule has 0 unspecified atom stereocenters. The molecule has 304 valence electrons. The second-order valence-electron chi connectivity index (χ2n) is 13.5. The number of rotatable bonds is 27. The van der Waals surface area contributed by atoms with Crippen LogP contribution in [0, 0.1) is 5.92 Å². The van der Waals surface area contributed by atoms with Gasteiger partial charge in [-0.25, -0.2) is 4.98 Å². The Morgan fingerprint density at radius 1 is 0.722 bits per heavy atom. The number of nitrogens with zero attached hydrogens (tertiary/aromatic N) is 1. The summed E-state index contributed by atoms with van der Waals surface area (Å²) in [6.45, 7) is 9.11. The van der Waals surface area contributed by atoms with Gasteiger partial charge in [0.05, 0.1) is 11.3 Å². The largest absolute Gasteiger partial charge is 0.380 e. The molecule has 19 heteroatoms. The van der Waals surface area contributed by atoms with Crippen LogP contribution in [0.3, 0.4) is 0 Å². The van der Waals surface area contributed by atoms with Gasteiger partial charge in [0.15, 0.2) is 0 Å². The maximum atomic E-state index is 14.0. The number of amides is 7. The zero-order chi connectivity index (χ0) is 40.6. The maximum absolute atomic E-state index is 14.0. The summed E-state index contributed by atoms with van der Waals surface area (Å²) in [6, 6.07) is -5.22. The maximum Gasteiger partial charge on any atom is 0.243 e. The first kappa shape index (κ1) is 47.8. The van der Waals surface area contributed by atoms with Gasteiger partial charge >= 0.3 is 0 Å². The molecule has 0 spiro atoms. The van der Waals surface area contributed by atoms with Gasteiger partial charge in [-0.05, 0) is 76.2 Å². The molecular formula is C35H60N10O7S2. The summed E-state index contributed by atoms with van der Waals surface area (Å²) in [4.78, 5) is 97.9. The molecule has 0 aliphatic rings. The first-order chi connectivity index (χ1) is 25.5. The lowest BCUT2D eigenvalue weighted by molar-refractivity contribution is -0.135. The fraction of sp³-hybridized carbons (Fsp3) is 0.686. The third kappa shape index (κ3) is 20.8. The molecular weight excluding hydrogens is 737 g/mol. The number of H-pyrrole nitrogens is 1. The van der Waals surface area contributed by atoms with Gasteiger partial charge in [-0.3, -0.25) is 33.6 Å². The highest BCUT2D eigenvalue weighted by molar-refractivity contribution is 7.98. The molecule has 1 heterocycles. The van der Waals surface area contributed by atoms with Crippen molar-refractivity contribution < 1.29 is 33.6 Å². The van der Waals surface area contributed by atoms with Crippen molar-refractivity contribution >= 4 is 70.3 Å². The van der Waals surface area contributed by atoms with Crippen molar-refractivity contribution in [2.24, 2.45) is 11.7 Å². The van der Waals surface area contributed by atoms with E-state index in [1.807, 2.05) is 20.1 Å². The summed E-state index contributed by atoms with van der Waals surface area (Å²) in [5, 5.41) is 19.4. The molecule has 0 saturated heterocycles. The van der Waals surface area contributed by atoms with Crippen LogP contribution < -0.4 is 43.0 Å². The Morgan fingerprint density at radius 3 is 1.70 bits per heavy atom. The van der Waals surface area contributed by atoms with Crippen molar-refractivity contribution in [3.05, 3.63) is 18.2 Å². The van der Waals surface area contributed by atoms with E-state index in [2.05, 4.69) is 47.2 Å². The zero-order valence-electron chi connectivity index (χ0n) is 32.3.